The third kappa shape index (κ3) is 7.11. The molecule has 1 unspecified atom stereocenters. The van der Waals surface area contributed by atoms with Crippen LogP contribution < -0.4 is 10.6 Å². The average Bonchev–Trinajstić information content (AvgIpc) is 3.08. The lowest BCUT2D eigenvalue weighted by Crippen LogP contribution is -2.44. The Kier molecular flexibility index (Phi) is 11.1. The molecule has 5 nitrogen and oxygen atoms in total. The van der Waals surface area contributed by atoms with Crippen LogP contribution in [0.5, 0.6) is 0 Å². The fourth-order valence-corrected chi connectivity index (χ4v) is 3.24. The van der Waals surface area contributed by atoms with Gasteiger partial charge in [0.05, 0.1) is 6.61 Å². The van der Waals surface area contributed by atoms with Gasteiger partial charge in [0.15, 0.2) is 5.96 Å². The molecule has 1 heterocycles. The van der Waals surface area contributed by atoms with Crippen LogP contribution in [0.3, 0.4) is 0 Å². The van der Waals surface area contributed by atoms with Crippen LogP contribution in [-0.4, -0.2) is 50.2 Å². The maximum absolute atomic E-state index is 5.55. The van der Waals surface area contributed by atoms with Crippen molar-refractivity contribution in [2.24, 2.45) is 4.99 Å². The van der Waals surface area contributed by atoms with E-state index in [-0.39, 0.29) is 24.0 Å². The van der Waals surface area contributed by atoms with E-state index in [0.717, 1.165) is 32.2 Å². The number of rotatable bonds is 8. The molecule has 0 bridgehead atoms. The molecule has 25 heavy (non-hydrogen) atoms. The molecule has 0 aliphatic carbocycles. The zero-order chi connectivity index (χ0) is 17.2. The van der Waals surface area contributed by atoms with E-state index >= 15 is 0 Å². The molecule has 142 valence electrons. The van der Waals surface area contributed by atoms with Gasteiger partial charge in [-0.3, -0.25) is 9.89 Å². The van der Waals surface area contributed by atoms with Gasteiger partial charge in [-0.05, 0) is 44.0 Å². The van der Waals surface area contributed by atoms with Gasteiger partial charge in [-0.15, -0.1) is 24.0 Å². The van der Waals surface area contributed by atoms with Crippen molar-refractivity contribution in [3.05, 3.63) is 35.4 Å². The molecule has 1 aliphatic rings. The van der Waals surface area contributed by atoms with E-state index in [1.165, 1.54) is 30.5 Å². The number of likely N-dealkylation sites (tertiary alicyclic amines) is 1. The summed E-state index contributed by atoms with van der Waals surface area (Å²) in [5.41, 5.74) is 2.49. The Morgan fingerprint density at radius 3 is 2.68 bits per heavy atom. The van der Waals surface area contributed by atoms with Gasteiger partial charge in [-0.2, -0.15) is 0 Å². The summed E-state index contributed by atoms with van der Waals surface area (Å²) in [5.74, 6) is 0.865. The summed E-state index contributed by atoms with van der Waals surface area (Å²) in [6.07, 6.45) is 2.58. The first-order chi connectivity index (χ1) is 11.8. The Balaban J connectivity index is 0.00000312. The second-order valence-electron chi connectivity index (χ2n) is 6.14. The minimum atomic E-state index is 0. The fraction of sp³-hybridized carbons (Fsp3) is 0.632. The van der Waals surface area contributed by atoms with Gasteiger partial charge >= 0.3 is 0 Å². The smallest absolute Gasteiger partial charge is 0.191 e. The molecule has 2 N–H and O–H groups in total. The van der Waals surface area contributed by atoms with Crippen LogP contribution in [0.25, 0.3) is 0 Å². The number of nitrogens with one attached hydrogen (secondary N) is 2. The highest BCUT2D eigenvalue weighted by Gasteiger charge is 2.22. The van der Waals surface area contributed by atoms with Gasteiger partial charge < -0.3 is 15.4 Å². The zero-order valence-electron chi connectivity index (χ0n) is 15.8. The number of guanidine groups is 1. The normalized spacial score (nSPS) is 18.0. The molecule has 0 radical (unpaired) electrons. The minimum absolute atomic E-state index is 0. The molecule has 6 heteroatoms. The molecule has 2 rings (SSSR count). The molecule has 0 saturated carbocycles. The predicted octanol–water partition coefficient (Wildman–Crippen LogP) is 2.99. The highest BCUT2D eigenvalue weighted by atomic mass is 127. The van der Waals surface area contributed by atoms with E-state index in [1.807, 2.05) is 14.0 Å². The van der Waals surface area contributed by atoms with E-state index < -0.39 is 0 Å². The van der Waals surface area contributed by atoms with E-state index in [0.29, 0.717) is 12.6 Å². The number of nitrogens with zero attached hydrogens (tertiary/aromatic N) is 2. The summed E-state index contributed by atoms with van der Waals surface area (Å²) in [7, 11) is 1.83. The fourth-order valence-electron chi connectivity index (χ4n) is 3.24. The van der Waals surface area contributed by atoms with Crippen molar-refractivity contribution in [3.8, 4) is 0 Å². The molecule has 0 aromatic heterocycles. The highest BCUT2D eigenvalue weighted by molar-refractivity contribution is 14.0. The van der Waals surface area contributed by atoms with Crippen LogP contribution in [0.15, 0.2) is 29.3 Å². The third-order valence-corrected chi connectivity index (χ3v) is 4.66. The van der Waals surface area contributed by atoms with Gasteiger partial charge in [-0.25, -0.2) is 0 Å². The Bertz CT molecular complexity index is 524. The van der Waals surface area contributed by atoms with Crippen molar-refractivity contribution >= 4 is 29.9 Å². The largest absolute Gasteiger partial charge is 0.377 e. The highest BCUT2D eigenvalue weighted by Crippen LogP contribution is 2.15. The number of aliphatic imine (C=N–C) groups is 1. The first-order valence-electron chi connectivity index (χ1n) is 9.11. The Labute approximate surface area is 169 Å². The van der Waals surface area contributed by atoms with Crippen LogP contribution in [0.1, 0.15) is 37.8 Å². The lowest BCUT2D eigenvalue weighted by atomic mass is 10.1. The lowest BCUT2D eigenvalue weighted by molar-refractivity contribution is 0.133. The molecule has 1 saturated heterocycles. The van der Waals surface area contributed by atoms with Crippen LogP contribution in [0.4, 0.5) is 0 Å². The summed E-state index contributed by atoms with van der Waals surface area (Å²) >= 11 is 0. The maximum atomic E-state index is 5.55. The average molecular weight is 460 g/mol. The molecule has 0 spiro atoms. The van der Waals surface area contributed by atoms with Crippen molar-refractivity contribution < 1.29 is 4.74 Å². The molecule has 1 aromatic carbocycles. The Morgan fingerprint density at radius 2 is 2.00 bits per heavy atom. The zero-order valence-corrected chi connectivity index (χ0v) is 18.1. The van der Waals surface area contributed by atoms with E-state index in [4.69, 9.17) is 4.74 Å². The van der Waals surface area contributed by atoms with Crippen LogP contribution >= 0.6 is 24.0 Å². The lowest BCUT2D eigenvalue weighted by Gasteiger charge is -2.24. The van der Waals surface area contributed by atoms with Gasteiger partial charge in [0.2, 0.25) is 0 Å². The molecule has 1 fully saturated rings. The summed E-state index contributed by atoms with van der Waals surface area (Å²) < 4.78 is 5.55. The number of hydrogen-bond acceptors (Lipinski definition) is 3. The summed E-state index contributed by atoms with van der Waals surface area (Å²) in [6.45, 7) is 9.71. The molecule has 1 aromatic rings. The number of ether oxygens (including phenoxy) is 1. The molecule has 0 amide bonds. The van der Waals surface area contributed by atoms with E-state index in [2.05, 4.69) is 51.7 Å². The number of likely N-dealkylation sites (N-methyl/N-ethyl adjacent to an activating group) is 1. The van der Waals surface area contributed by atoms with Crippen LogP contribution in [0.2, 0.25) is 0 Å². The molecular formula is C19H33IN4O. The van der Waals surface area contributed by atoms with Gasteiger partial charge in [0.1, 0.15) is 0 Å². The maximum Gasteiger partial charge on any atom is 0.191 e. The first-order valence-corrected chi connectivity index (χ1v) is 9.11. The van der Waals surface area contributed by atoms with E-state index in [1.54, 1.807) is 0 Å². The van der Waals surface area contributed by atoms with Crippen molar-refractivity contribution in [3.63, 3.8) is 0 Å². The van der Waals surface area contributed by atoms with E-state index in [9.17, 15) is 0 Å². The standard InChI is InChI=1S/C19H32N4O.HI/c1-4-23-12-8-11-18(23)14-22-19(20-3)21-13-16-9-6-7-10-17(16)15-24-5-2;/h6-7,9-10,18H,4-5,8,11-15H2,1-3H3,(H2,20,21,22);1H. The van der Waals surface area contributed by atoms with Crippen LogP contribution in [0, 0.1) is 0 Å². The number of hydrogen-bond donors (Lipinski definition) is 2. The van der Waals surface area contributed by atoms with Gasteiger partial charge in [0.25, 0.3) is 0 Å². The quantitative estimate of drug-likeness (QED) is 0.356. The Hall–Kier alpha value is -0.860. The van der Waals surface area contributed by atoms with Crippen molar-refractivity contribution in [1.82, 2.24) is 15.5 Å². The molecular weight excluding hydrogens is 427 g/mol. The van der Waals surface area contributed by atoms with Crippen molar-refractivity contribution in [2.75, 3.05) is 33.3 Å². The summed E-state index contributed by atoms with van der Waals surface area (Å²) in [5, 5.41) is 6.90. The van der Waals surface area contributed by atoms with Crippen LogP contribution in [-0.2, 0) is 17.9 Å². The molecule has 1 aliphatic heterocycles. The second kappa shape index (κ2) is 12.5. The predicted molar refractivity (Wildman–Crippen MR) is 116 cm³/mol. The Morgan fingerprint density at radius 1 is 1.24 bits per heavy atom. The summed E-state index contributed by atoms with van der Waals surface area (Å²) in [4.78, 5) is 6.89. The topological polar surface area (TPSA) is 48.9 Å². The van der Waals surface area contributed by atoms with Crippen molar-refractivity contribution in [2.45, 2.75) is 45.9 Å². The van der Waals surface area contributed by atoms with Gasteiger partial charge in [0, 0.05) is 32.8 Å². The first kappa shape index (κ1) is 22.2. The number of benzene rings is 1. The SMILES string of the molecule is CCOCc1ccccc1CNC(=NC)NCC1CCCN1CC.I. The monoisotopic (exact) mass is 460 g/mol. The third-order valence-electron chi connectivity index (χ3n) is 4.66. The number of halogens is 1. The van der Waals surface area contributed by atoms with Gasteiger partial charge in [-0.1, -0.05) is 31.2 Å². The summed E-state index contributed by atoms with van der Waals surface area (Å²) in [6, 6.07) is 9.02. The van der Waals surface area contributed by atoms with Crippen molar-refractivity contribution in [1.29, 1.82) is 0 Å². The minimum Gasteiger partial charge on any atom is -0.377 e. The second-order valence-corrected chi connectivity index (χ2v) is 6.14. The molecule has 1 atom stereocenters.